The highest BCUT2D eigenvalue weighted by molar-refractivity contribution is 7.07. The average Bonchev–Trinajstić information content (AvgIpc) is 3.21. The molecule has 1 heterocycles. The first-order chi connectivity index (χ1) is 9.78. The lowest BCUT2D eigenvalue weighted by molar-refractivity contribution is -0.116. The Bertz CT molecular complexity index is 578. The Balaban J connectivity index is 1.81. The normalized spacial score (nSPS) is 14.2. The van der Waals surface area contributed by atoms with Gasteiger partial charge in [0, 0.05) is 11.1 Å². The Labute approximate surface area is 127 Å². The van der Waals surface area contributed by atoms with Crippen LogP contribution >= 0.6 is 22.9 Å². The summed E-state index contributed by atoms with van der Waals surface area (Å²) in [4.78, 5) is 18.0. The number of carbonyl (C=O) groups is 1. The molecule has 104 valence electrons. The van der Waals surface area contributed by atoms with E-state index in [-0.39, 0.29) is 11.8 Å². The molecular formula is C15H15ClN2OS. The van der Waals surface area contributed by atoms with Crippen molar-refractivity contribution in [1.29, 1.82) is 0 Å². The van der Waals surface area contributed by atoms with E-state index in [1.165, 1.54) is 29.7 Å². The zero-order valence-electron chi connectivity index (χ0n) is 11.0. The smallest absolute Gasteiger partial charge is 0.242 e. The zero-order valence-corrected chi connectivity index (χ0v) is 12.5. The fourth-order valence-electron chi connectivity index (χ4n) is 2.22. The van der Waals surface area contributed by atoms with E-state index in [1.807, 2.05) is 17.5 Å². The van der Waals surface area contributed by atoms with E-state index in [4.69, 9.17) is 11.6 Å². The van der Waals surface area contributed by atoms with Crippen LogP contribution in [0.2, 0.25) is 0 Å². The predicted octanol–water partition coefficient (Wildman–Crippen LogP) is 3.79. The van der Waals surface area contributed by atoms with Crippen molar-refractivity contribution in [2.45, 2.75) is 25.3 Å². The Morgan fingerprint density at radius 1 is 1.35 bits per heavy atom. The van der Waals surface area contributed by atoms with Crippen LogP contribution in [0.4, 0.5) is 5.69 Å². The number of hydrogen-bond acceptors (Lipinski definition) is 3. The van der Waals surface area contributed by atoms with Crippen LogP contribution in [0.15, 0.2) is 35.2 Å². The largest absolute Gasteiger partial charge is 0.305 e. The van der Waals surface area contributed by atoms with Crippen molar-refractivity contribution in [3.63, 3.8) is 0 Å². The number of rotatable bonds is 5. The van der Waals surface area contributed by atoms with Crippen molar-refractivity contribution in [1.82, 2.24) is 4.98 Å². The second-order valence-corrected chi connectivity index (χ2v) is 5.95. The third-order valence-corrected chi connectivity index (χ3v) is 4.34. The average molecular weight is 307 g/mol. The van der Waals surface area contributed by atoms with Crippen molar-refractivity contribution < 1.29 is 4.79 Å². The molecule has 1 aromatic heterocycles. The molecule has 0 N–H and O–H groups in total. The van der Waals surface area contributed by atoms with Crippen molar-refractivity contribution >= 4 is 34.5 Å². The first kappa shape index (κ1) is 13.6. The number of amides is 1. The fraction of sp³-hybridized carbons (Fsp3) is 0.333. The van der Waals surface area contributed by atoms with Gasteiger partial charge in [0.2, 0.25) is 5.91 Å². The highest BCUT2D eigenvalue weighted by Gasteiger charge is 2.24. The maximum atomic E-state index is 12.0. The van der Waals surface area contributed by atoms with Crippen molar-refractivity contribution in [2.75, 3.05) is 10.8 Å². The number of benzene rings is 1. The van der Waals surface area contributed by atoms with Crippen LogP contribution in [0.25, 0.3) is 0 Å². The van der Waals surface area contributed by atoms with Gasteiger partial charge in [-0.05, 0) is 36.5 Å². The molecule has 0 spiro atoms. The molecular weight excluding hydrogens is 292 g/mol. The summed E-state index contributed by atoms with van der Waals surface area (Å²) in [5.74, 6) is 0.604. The summed E-state index contributed by atoms with van der Waals surface area (Å²) in [6.45, 7) is 0.470. The van der Waals surface area contributed by atoms with Gasteiger partial charge in [-0.3, -0.25) is 4.79 Å². The predicted molar refractivity (Wildman–Crippen MR) is 82.4 cm³/mol. The number of halogens is 1. The first-order valence-electron chi connectivity index (χ1n) is 6.61. The van der Waals surface area contributed by atoms with Crippen LogP contribution in [-0.4, -0.2) is 16.8 Å². The monoisotopic (exact) mass is 306 g/mol. The van der Waals surface area contributed by atoms with Gasteiger partial charge in [-0.2, -0.15) is 0 Å². The second-order valence-electron chi connectivity index (χ2n) is 4.96. The maximum absolute atomic E-state index is 12.0. The van der Waals surface area contributed by atoms with Crippen molar-refractivity contribution in [3.8, 4) is 0 Å². The molecule has 0 unspecified atom stereocenters. The topological polar surface area (TPSA) is 33.2 Å². The van der Waals surface area contributed by atoms with Gasteiger partial charge < -0.3 is 4.90 Å². The molecule has 0 saturated heterocycles. The van der Waals surface area contributed by atoms with Crippen molar-refractivity contribution in [2.24, 2.45) is 0 Å². The lowest BCUT2D eigenvalue weighted by atomic mass is 10.1. The SMILES string of the molecule is O=C(CCl)N(Cc1cscn1)c1ccc(C2CC2)cc1. The van der Waals surface area contributed by atoms with Gasteiger partial charge in [-0.25, -0.2) is 4.98 Å². The van der Waals surface area contributed by atoms with Crippen LogP contribution in [0.5, 0.6) is 0 Å². The third-order valence-electron chi connectivity index (χ3n) is 3.47. The summed E-state index contributed by atoms with van der Waals surface area (Å²) in [6, 6.07) is 8.24. The molecule has 5 heteroatoms. The van der Waals surface area contributed by atoms with E-state index in [0.717, 1.165) is 17.3 Å². The van der Waals surface area contributed by atoms with E-state index in [1.54, 1.807) is 10.4 Å². The maximum Gasteiger partial charge on any atom is 0.242 e. The lowest BCUT2D eigenvalue weighted by Gasteiger charge is -2.21. The molecule has 1 aliphatic carbocycles. The van der Waals surface area contributed by atoms with E-state index < -0.39 is 0 Å². The molecule has 20 heavy (non-hydrogen) atoms. The quantitative estimate of drug-likeness (QED) is 0.787. The number of anilines is 1. The van der Waals surface area contributed by atoms with Gasteiger partial charge in [0.15, 0.2) is 0 Å². The number of hydrogen-bond donors (Lipinski definition) is 0. The Morgan fingerprint density at radius 3 is 2.65 bits per heavy atom. The van der Waals surface area contributed by atoms with Crippen LogP contribution in [0, 0.1) is 0 Å². The summed E-state index contributed by atoms with van der Waals surface area (Å²) in [6.07, 6.45) is 2.56. The van der Waals surface area contributed by atoms with Crippen LogP contribution in [-0.2, 0) is 11.3 Å². The van der Waals surface area contributed by atoms with E-state index in [0.29, 0.717) is 6.54 Å². The number of nitrogens with zero attached hydrogens (tertiary/aromatic N) is 2. The number of carbonyl (C=O) groups excluding carboxylic acids is 1. The van der Waals surface area contributed by atoms with Crippen LogP contribution in [0.1, 0.15) is 30.0 Å². The van der Waals surface area contributed by atoms with Gasteiger partial charge >= 0.3 is 0 Å². The number of aromatic nitrogens is 1. The number of alkyl halides is 1. The minimum absolute atomic E-state index is 0.0193. The molecule has 3 nitrogen and oxygen atoms in total. The highest BCUT2D eigenvalue weighted by atomic mass is 35.5. The van der Waals surface area contributed by atoms with E-state index in [2.05, 4.69) is 17.1 Å². The lowest BCUT2D eigenvalue weighted by Crippen LogP contribution is -2.31. The molecule has 1 aromatic carbocycles. The fourth-order valence-corrected chi connectivity index (χ4v) is 2.91. The molecule has 1 amide bonds. The molecule has 0 bridgehead atoms. The van der Waals surface area contributed by atoms with Gasteiger partial charge in [0.1, 0.15) is 5.88 Å². The molecule has 1 saturated carbocycles. The molecule has 3 rings (SSSR count). The molecule has 0 aliphatic heterocycles. The summed E-state index contributed by atoms with van der Waals surface area (Å²) < 4.78 is 0. The Hall–Kier alpha value is -1.39. The molecule has 0 radical (unpaired) electrons. The Morgan fingerprint density at radius 2 is 2.10 bits per heavy atom. The summed E-state index contributed by atoms with van der Waals surface area (Å²) in [5.41, 5.74) is 4.91. The summed E-state index contributed by atoms with van der Waals surface area (Å²) >= 11 is 7.25. The standard InChI is InChI=1S/C15H15ClN2OS/c16-7-15(19)18(8-13-9-20-10-17-13)14-5-3-12(4-6-14)11-1-2-11/h3-6,9-11H,1-2,7-8H2. The van der Waals surface area contributed by atoms with Gasteiger partial charge in [-0.15, -0.1) is 22.9 Å². The van der Waals surface area contributed by atoms with Gasteiger partial charge in [0.05, 0.1) is 17.7 Å². The Kier molecular flexibility index (Phi) is 4.03. The summed E-state index contributed by atoms with van der Waals surface area (Å²) in [5, 5.41) is 1.95. The van der Waals surface area contributed by atoms with E-state index in [9.17, 15) is 4.79 Å². The van der Waals surface area contributed by atoms with Gasteiger partial charge in [0.25, 0.3) is 0 Å². The van der Waals surface area contributed by atoms with Gasteiger partial charge in [-0.1, -0.05) is 12.1 Å². The minimum Gasteiger partial charge on any atom is -0.305 e. The van der Waals surface area contributed by atoms with E-state index >= 15 is 0 Å². The van der Waals surface area contributed by atoms with Crippen molar-refractivity contribution in [3.05, 3.63) is 46.4 Å². The minimum atomic E-state index is -0.0983. The molecule has 0 atom stereocenters. The third kappa shape index (κ3) is 3.02. The van der Waals surface area contributed by atoms with Crippen LogP contribution < -0.4 is 4.90 Å². The molecule has 1 fully saturated rings. The first-order valence-corrected chi connectivity index (χ1v) is 8.09. The second kappa shape index (κ2) is 5.94. The molecule has 1 aliphatic rings. The zero-order chi connectivity index (χ0) is 13.9. The molecule has 2 aromatic rings. The highest BCUT2D eigenvalue weighted by Crippen LogP contribution is 2.40. The summed E-state index contributed by atoms with van der Waals surface area (Å²) in [7, 11) is 0. The number of thiazole rings is 1. The van der Waals surface area contributed by atoms with Crippen LogP contribution in [0.3, 0.4) is 0 Å².